The molecule has 4 aliphatic rings. The van der Waals surface area contributed by atoms with Crippen LogP contribution in [0.25, 0.3) is 0 Å². The molecule has 0 unspecified atom stereocenters. The van der Waals surface area contributed by atoms with Gasteiger partial charge in [-0.1, -0.05) is 60.5 Å². The molecule has 4 fully saturated rings. The van der Waals surface area contributed by atoms with Gasteiger partial charge in [0.25, 0.3) is 0 Å². The molecule has 4 saturated carbocycles. The van der Waals surface area contributed by atoms with Crippen molar-refractivity contribution in [3.8, 4) is 0 Å². The molecule has 0 aromatic carbocycles. The normalized spacial score (nSPS) is 45.7. The van der Waals surface area contributed by atoms with Crippen molar-refractivity contribution < 1.29 is 4.79 Å². The highest BCUT2D eigenvalue weighted by atomic mass is 16.1. The van der Waals surface area contributed by atoms with Crippen LogP contribution in [0.5, 0.6) is 0 Å². The number of hydrogen-bond acceptors (Lipinski definition) is 1. The van der Waals surface area contributed by atoms with Crippen molar-refractivity contribution in [2.24, 2.45) is 52.3 Å². The Labute approximate surface area is 180 Å². The van der Waals surface area contributed by atoms with E-state index in [1.807, 2.05) is 0 Å². The summed E-state index contributed by atoms with van der Waals surface area (Å²) in [5, 5.41) is 0. The quantitative estimate of drug-likeness (QED) is 0.431. The number of carbonyl (C=O) groups excluding carboxylic acids is 1. The number of ketones is 1. The molecule has 4 rings (SSSR count). The van der Waals surface area contributed by atoms with Crippen molar-refractivity contribution in [1.82, 2.24) is 0 Å². The van der Waals surface area contributed by atoms with Crippen LogP contribution in [-0.4, -0.2) is 5.78 Å². The van der Waals surface area contributed by atoms with E-state index in [9.17, 15) is 4.79 Å². The number of rotatable bonds is 5. The standard InChI is InChI=1S/C28H46O/c1-18(2)8-7-9-19(3)22-12-13-24-21-10-11-23-20(4)26(29)15-17-28(23,6)25(21)14-16-27(22,24)5/h18-19,21-25H,4,7-17H2,1-3,5-6H3/t19-,21+,22-,23+,24+,25+,27-,28+/m1/s1. The van der Waals surface area contributed by atoms with Gasteiger partial charge in [-0.3, -0.25) is 4.79 Å². The molecular weight excluding hydrogens is 352 g/mol. The highest BCUT2D eigenvalue weighted by molar-refractivity contribution is 5.96. The van der Waals surface area contributed by atoms with E-state index in [0.29, 0.717) is 22.5 Å². The van der Waals surface area contributed by atoms with Crippen molar-refractivity contribution in [2.45, 2.75) is 105 Å². The van der Waals surface area contributed by atoms with Crippen LogP contribution in [0.1, 0.15) is 105 Å². The monoisotopic (exact) mass is 398 g/mol. The molecule has 1 heteroatoms. The van der Waals surface area contributed by atoms with Crippen LogP contribution in [-0.2, 0) is 4.79 Å². The minimum absolute atomic E-state index is 0.343. The molecule has 0 bridgehead atoms. The van der Waals surface area contributed by atoms with Crippen molar-refractivity contribution in [2.75, 3.05) is 0 Å². The van der Waals surface area contributed by atoms with E-state index in [-0.39, 0.29) is 0 Å². The summed E-state index contributed by atoms with van der Waals surface area (Å²) >= 11 is 0. The van der Waals surface area contributed by atoms with Gasteiger partial charge >= 0.3 is 0 Å². The fourth-order valence-electron chi connectivity index (χ4n) is 9.15. The lowest BCUT2D eigenvalue weighted by Crippen LogP contribution is -2.54. The van der Waals surface area contributed by atoms with Gasteiger partial charge in [0, 0.05) is 6.42 Å². The zero-order valence-corrected chi connectivity index (χ0v) is 19.9. The molecule has 0 aromatic heterocycles. The first-order valence-corrected chi connectivity index (χ1v) is 12.9. The summed E-state index contributed by atoms with van der Waals surface area (Å²) in [5.41, 5.74) is 1.90. The van der Waals surface area contributed by atoms with Crippen molar-refractivity contribution in [1.29, 1.82) is 0 Å². The minimum Gasteiger partial charge on any atom is -0.295 e. The maximum absolute atomic E-state index is 12.3. The first-order chi connectivity index (χ1) is 13.7. The molecule has 0 amide bonds. The Hall–Kier alpha value is -0.590. The Morgan fingerprint density at radius 1 is 0.931 bits per heavy atom. The maximum atomic E-state index is 12.3. The molecule has 164 valence electrons. The van der Waals surface area contributed by atoms with E-state index in [2.05, 4.69) is 41.2 Å². The second-order valence-corrected chi connectivity index (χ2v) is 12.5. The average Bonchev–Trinajstić information content (AvgIpc) is 3.02. The number of Topliss-reactive ketones (excluding diaryl/α,β-unsaturated/α-hetero) is 1. The van der Waals surface area contributed by atoms with Gasteiger partial charge in [0.2, 0.25) is 0 Å². The fourth-order valence-corrected chi connectivity index (χ4v) is 9.15. The van der Waals surface area contributed by atoms with Crippen LogP contribution < -0.4 is 0 Å². The van der Waals surface area contributed by atoms with Crippen LogP contribution in [0.15, 0.2) is 12.2 Å². The molecule has 0 saturated heterocycles. The predicted molar refractivity (Wildman–Crippen MR) is 123 cm³/mol. The first kappa shape index (κ1) is 21.6. The second kappa shape index (κ2) is 7.83. The number of carbonyl (C=O) groups is 1. The lowest BCUT2D eigenvalue weighted by atomic mass is 9.44. The van der Waals surface area contributed by atoms with Gasteiger partial charge in [-0.2, -0.15) is 0 Å². The first-order valence-electron chi connectivity index (χ1n) is 12.9. The Morgan fingerprint density at radius 2 is 1.66 bits per heavy atom. The number of fused-ring (bicyclic) bond motifs is 5. The van der Waals surface area contributed by atoms with E-state index >= 15 is 0 Å². The number of hydrogen-bond donors (Lipinski definition) is 0. The summed E-state index contributed by atoms with van der Waals surface area (Å²) in [6, 6.07) is 0. The van der Waals surface area contributed by atoms with Crippen LogP contribution >= 0.6 is 0 Å². The van der Waals surface area contributed by atoms with Crippen molar-refractivity contribution >= 4 is 5.78 Å². The van der Waals surface area contributed by atoms with Gasteiger partial charge in [0.05, 0.1) is 0 Å². The second-order valence-electron chi connectivity index (χ2n) is 12.5. The molecule has 0 spiro atoms. The molecule has 8 atom stereocenters. The maximum Gasteiger partial charge on any atom is 0.158 e. The van der Waals surface area contributed by atoms with E-state index in [1.54, 1.807) is 0 Å². The minimum atomic E-state index is 0.343. The highest BCUT2D eigenvalue weighted by Gasteiger charge is 2.61. The molecule has 0 aromatic rings. The van der Waals surface area contributed by atoms with Gasteiger partial charge in [-0.15, -0.1) is 0 Å². The van der Waals surface area contributed by atoms with Crippen molar-refractivity contribution in [3.63, 3.8) is 0 Å². The summed E-state index contributed by atoms with van der Waals surface area (Å²) in [7, 11) is 0. The lowest BCUT2D eigenvalue weighted by Gasteiger charge is -2.60. The molecule has 0 heterocycles. The van der Waals surface area contributed by atoms with Crippen LogP contribution in [0, 0.1) is 52.3 Å². The molecule has 0 aliphatic heterocycles. The molecule has 29 heavy (non-hydrogen) atoms. The molecular formula is C28H46O. The topological polar surface area (TPSA) is 17.1 Å². The summed E-state index contributed by atoms with van der Waals surface area (Å²) in [6.07, 6.45) is 14.5. The zero-order valence-electron chi connectivity index (χ0n) is 19.9. The van der Waals surface area contributed by atoms with Crippen molar-refractivity contribution in [3.05, 3.63) is 12.2 Å². The van der Waals surface area contributed by atoms with Crippen LogP contribution in [0.3, 0.4) is 0 Å². The van der Waals surface area contributed by atoms with E-state index in [1.165, 1.54) is 57.8 Å². The smallest absolute Gasteiger partial charge is 0.158 e. The fraction of sp³-hybridized carbons (Fsp3) is 0.893. The third-order valence-corrected chi connectivity index (χ3v) is 10.7. The van der Waals surface area contributed by atoms with Crippen LogP contribution in [0.4, 0.5) is 0 Å². The Bertz CT molecular complexity index is 647. The Balaban J connectivity index is 1.49. The molecule has 1 nitrogen and oxygen atoms in total. The summed E-state index contributed by atoms with van der Waals surface area (Å²) in [4.78, 5) is 12.3. The lowest BCUT2D eigenvalue weighted by molar-refractivity contribution is -0.130. The molecule has 0 N–H and O–H groups in total. The zero-order chi connectivity index (χ0) is 21.0. The Kier molecular flexibility index (Phi) is 5.84. The predicted octanol–water partition coefficient (Wildman–Crippen LogP) is 7.84. The highest BCUT2D eigenvalue weighted by Crippen LogP contribution is 2.68. The third kappa shape index (κ3) is 3.47. The Morgan fingerprint density at radius 3 is 2.38 bits per heavy atom. The van der Waals surface area contributed by atoms with Crippen LogP contribution in [0.2, 0.25) is 0 Å². The molecule has 0 radical (unpaired) electrons. The average molecular weight is 399 g/mol. The SMILES string of the molecule is C=C1C(=O)CC[C@@]2(C)[C@H]1CC[C@@H]1[C@@H]2CC[C@]2(C)[C@@H]([C@H](C)CCCC(C)C)CC[C@@H]12. The van der Waals surface area contributed by atoms with E-state index in [0.717, 1.165) is 53.9 Å². The van der Waals surface area contributed by atoms with E-state index < -0.39 is 0 Å². The third-order valence-electron chi connectivity index (χ3n) is 10.7. The summed E-state index contributed by atoms with van der Waals surface area (Å²) in [6.45, 7) is 16.8. The molecule has 4 aliphatic carbocycles. The van der Waals surface area contributed by atoms with Gasteiger partial charge < -0.3 is 0 Å². The van der Waals surface area contributed by atoms with E-state index in [4.69, 9.17) is 0 Å². The largest absolute Gasteiger partial charge is 0.295 e. The summed E-state index contributed by atoms with van der Waals surface area (Å²) < 4.78 is 0. The van der Waals surface area contributed by atoms with Gasteiger partial charge in [-0.25, -0.2) is 0 Å². The summed E-state index contributed by atoms with van der Waals surface area (Å²) in [5.74, 6) is 6.18. The van der Waals surface area contributed by atoms with Gasteiger partial charge in [0.15, 0.2) is 5.78 Å². The van der Waals surface area contributed by atoms with Gasteiger partial charge in [0.1, 0.15) is 0 Å². The number of allylic oxidation sites excluding steroid dienone is 1. The van der Waals surface area contributed by atoms with Gasteiger partial charge in [-0.05, 0) is 103 Å².